The molecular formula is C30H38N8O4. The third-order valence-corrected chi connectivity index (χ3v) is 8.83. The van der Waals surface area contributed by atoms with Crippen LogP contribution in [0.4, 0.5) is 29.1 Å². The number of pyridine rings is 2. The molecule has 0 radical (unpaired) electrons. The van der Waals surface area contributed by atoms with Crippen LogP contribution >= 0.6 is 0 Å². The Kier molecular flexibility index (Phi) is 6.69. The van der Waals surface area contributed by atoms with Crippen LogP contribution in [0, 0.1) is 0 Å². The molecule has 5 atom stereocenters. The molecule has 4 aliphatic heterocycles. The van der Waals surface area contributed by atoms with Gasteiger partial charge in [0.25, 0.3) is 0 Å². The minimum absolute atomic E-state index is 0.000694. The van der Waals surface area contributed by atoms with Crippen molar-refractivity contribution in [2.24, 2.45) is 0 Å². The van der Waals surface area contributed by atoms with Crippen LogP contribution in [-0.4, -0.2) is 81.5 Å². The molecule has 7 rings (SSSR count). The van der Waals surface area contributed by atoms with E-state index in [9.17, 15) is 5.11 Å². The van der Waals surface area contributed by atoms with E-state index in [4.69, 9.17) is 29.2 Å². The molecule has 0 aromatic carbocycles. The van der Waals surface area contributed by atoms with Gasteiger partial charge in [-0.25, -0.2) is 15.0 Å². The molecule has 3 fully saturated rings. The van der Waals surface area contributed by atoms with Gasteiger partial charge in [-0.1, -0.05) is 13.0 Å². The van der Waals surface area contributed by atoms with Crippen molar-refractivity contribution >= 4 is 29.1 Å². The van der Waals surface area contributed by atoms with Crippen molar-refractivity contribution in [3.8, 4) is 5.88 Å². The summed E-state index contributed by atoms with van der Waals surface area (Å²) in [5.41, 5.74) is 1.14. The van der Waals surface area contributed by atoms with Gasteiger partial charge in [0.05, 0.1) is 42.8 Å². The summed E-state index contributed by atoms with van der Waals surface area (Å²) in [6.07, 6.45) is 4.52. The molecule has 3 N–H and O–H groups in total. The van der Waals surface area contributed by atoms with Gasteiger partial charge in [0, 0.05) is 29.8 Å². The summed E-state index contributed by atoms with van der Waals surface area (Å²) in [5.74, 6) is 3.26. The number of hydrogen-bond donors (Lipinski definition) is 3. The van der Waals surface area contributed by atoms with Crippen LogP contribution < -0.4 is 25.2 Å². The average Bonchev–Trinajstić information content (AvgIpc) is 3.66. The van der Waals surface area contributed by atoms with Crippen molar-refractivity contribution in [1.82, 2.24) is 25.3 Å². The fourth-order valence-corrected chi connectivity index (χ4v) is 6.45. The predicted octanol–water partition coefficient (Wildman–Crippen LogP) is 3.23. The van der Waals surface area contributed by atoms with Gasteiger partial charge >= 0.3 is 0 Å². The number of nitrogens with one attached hydrogen (secondary N) is 2. The van der Waals surface area contributed by atoms with Crippen molar-refractivity contribution in [2.45, 2.75) is 76.2 Å². The molecule has 42 heavy (non-hydrogen) atoms. The first-order chi connectivity index (χ1) is 20.2. The van der Waals surface area contributed by atoms with E-state index in [1.807, 2.05) is 43.5 Å². The van der Waals surface area contributed by atoms with Gasteiger partial charge in [-0.15, -0.1) is 0 Å². The van der Waals surface area contributed by atoms with Gasteiger partial charge < -0.3 is 39.8 Å². The van der Waals surface area contributed by atoms with E-state index in [1.165, 1.54) is 0 Å². The second-order valence-corrected chi connectivity index (χ2v) is 12.5. The molecule has 0 aliphatic carbocycles. The second kappa shape index (κ2) is 10.3. The third kappa shape index (κ3) is 4.81. The molecule has 7 heterocycles. The highest BCUT2D eigenvalue weighted by Crippen LogP contribution is 2.53. The standard InChI is InChI=1S/C30H38N8O4/c1-18-16-40-28(39)37(18)23-6-5-7-24(35-23)38-22-12-29(2,3)41-17-30(22,4)21-15-33-27(36-26(21)38)34-19-8-9-25(32-13-19)42-20-10-11-31-14-20/h5-9,13,15,18,20,22,28,31,39H,10-12,14,16-17H2,1-4H3,(H,33,34,36)/t18-,20-,22+,28?,30+/m0/s1. The number of nitrogens with zero attached hydrogens (tertiary/aromatic N) is 6. The van der Waals surface area contributed by atoms with Crippen molar-refractivity contribution in [1.29, 1.82) is 0 Å². The normalized spacial score (nSPS) is 29.8. The number of rotatable bonds is 6. The van der Waals surface area contributed by atoms with Gasteiger partial charge in [-0.2, -0.15) is 4.98 Å². The van der Waals surface area contributed by atoms with Gasteiger partial charge in [-0.3, -0.25) is 0 Å². The molecular weight excluding hydrogens is 536 g/mol. The van der Waals surface area contributed by atoms with Gasteiger partial charge in [-0.05, 0) is 58.4 Å². The highest BCUT2D eigenvalue weighted by atomic mass is 16.6. The summed E-state index contributed by atoms with van der Waals surface area (Å²) in [6.45, 7) is 11.3. The molecule has 222 valence electrons. The van der Waals surface area contributed by atoms with E-state index in [0.29, 0.717) is 30.9 Å². The number of fused-ring (bicyclic) bond motifs is 3. The number of aliphatic hydroxyl groups is 1. The third-order valence-electron chi connectivity index (χ3n) is 8.83. The molecule has 0 bridgehead atoms. The first kappa shape index (κ1) is 27.3. The van der Waals surface area contributed by atoms with Gasteiger partial charge in [0.1, 0.15) is 23.6 Å². The second-order valence-electron chi connectivity index (χ2n) is 12.5. The number of aliphatic hydroxyl groups excluding tert-OH is 1. The zero-order chi connectivity index (χ0) is 29.1. The Labute approximate surface area is 245 Å². The van der Waals surface area contributed by atoms with Crippen LogP contribution in [0.5, 0.6) is 5.88 Å². The first-order valence-electron chi connectivity index (χ1n) is 14.7. The van der Waals surface area contributed by atoms with E-state index in [1.54, 1.807) is 11.1 Å². The van der Waals surface area contributed by atoms with Gasteiger partial charge in [0.2, 0.25) is 18.2 Å². The zero-order valence-electron chi connectivity index (χ0n) is 24.4. The predicted molar refractivity (Wildman–Crippen MR) is 158 cm³/mol. The van der Waals surface area contributed by atoms with Gasteiger partial charge in [0.15, 0.2) is 0 Å². The summed E-state index contributed by atoms with van der Waals surface area (Å²) >= 11 is 0. The largest absolute Gasteiger partial charge is 0.473 e. The highest BCUT2D eigenvalue weighted by molar-refractivity contribution is 5.71. The average molecular weight is 575 g/mol. The minimum Gasteiger partial charge on any atom is -0.473 e. The Morgan fingerprint density at radius 1 is 1.10 bits per heavy atom. The maximum absolute atomic E-state index is 10.5. The summed E-state index contributed by atoms with van der Waals surface area (Å²) in [7, 11) is 0. The molecule has 0 spiro atoms. The Morgan fingerprint density at radius 2 is 1.95 bits per heavy atom. The maximum atomic E-state index is 10.5. The Hall–Kier alpha value is -3.58. The molecule has 0 saturated carbocycles. The SMILES string of the molecule is C[C@H]1COC(O)N1c1cccc(N2c3nc(Nc4ccc(O[C@H]5CCNC5)nc4)ncc3[C@@]3(C)COC(C)(C)C[C@@H]23)n1. The van der Waals surface area contributed by atoms with E-state index in [2.05, 4.69) is 41.3 Å². The van der Waals surface area contributed by atoms with Crippen molar-refractivity contribution in [3.05, 3.63) is 48.3 Å². The van der Waals surface area contributed by atoms with Crippen LogP contribution in [0.1, 0.15) is 46.1 Å². The highest BCUT2D eigenvalue weighted by Gasteiger charge is 2.55. The van der Waals surface area contributed by atoms with E-state index in [0.717, 1.165) is 48.8 Å². The molecule has 0 amide bonds. The summed E-state index contributed by atoms with van der Waals surface area (Å²) in [5, 5.41) is 17.1. The lowest BCUT2D eigenvalue weighted by atomic mass is 9.73. The van der Waals surface area contributed by atoms with Crippen LogP contribution in [0.2, 0.25) is 0 Å². The molecule has 3 saturated heterocycles. The van der Waals surface area contributed by atoms with Crippen molar-refractivity contribution < 1.29 is 19.3 Å². The number of aromatic nitrogens is 4. The maximum Gasteiger partial charge on any atom is 0.239 e. The number of ether oxygens (including phenoxy) is 3. The van der Waals surface area contributed by atoms with Crippen LogP contribution in [0.3, 0.4) is 0 Å². The summed E-state index contributed by atoms with van der Waals surface area (Å²) < 4.78 is 17.8. The quantitative estimate of drug-likeness (QED) is 0.400. The topological polar surface area (TPSA) is 130 Å². The van der Waals surface area contributed by atoms with E-state index < -0.39 is 6.41 Å². The Balaban J connectivity index is 1.22. The van der Waals surface area contributed by atoms with Crippen LogP contribution in [-0.2, 0) is 14.9 Å². The number of anilines is 5. The monoisotopic (exact) mass is 574 g/mol. The molecule has 12 nitrogen and oxygen atoms in total. The lowest BCUT2D eigenvalue weighted by Gasteiger charge is -2.46. The summed E-state index contributed by atoms with van der Waals surface area (Å²) in [4.78, 5) is 23.3. The molecule has 1 unspecified atom stereocenters. The smallest absolute Gasteiger partial charge is 0.239 e. The fourth-order valence-electron chi connectivity index (χ4n) is 6.45. The fraction of sp³-hybridized carbons (Fsp3) is 0.533. The van der Waals surface area contributed by atoms with Crippen molar-refractivity contribution in [3.63, 3.8) is 0 Å². The Bertz CT molecular complexity index is 1440. The van der Waals surface area contributed by atoms with E-state index >= 15 is 0 Å². The molecule has 4 aliphatic rings. The molecule has 3 aromatic rings. The van der Waals surface area contributed by atoms with E-state index in [-0.39, 0.29) is 29.2 Å². The zero-order valence-corrected chi connectivity index (χ0v) is 24.4. The van der Waals surface area contributed by atoms with Crippen LogP contribution in [0.25, 0.3) is 0 Å². The Morgan fingerprint density at radius 3 is 2.69 bits per heavy atom. The minimum atomic E-state index is -1.03. The lowest BCUT2D eigenvalue weighted by Crippen LogP contribution is -2.54. The first-order valence-corrected chi connectivity index (χ1v) is 14.7. The van der Waals surface area contributed by atoms with Crippen LogP contribution in [0.15, 0.2) is 42.7 Å². The summed E-state index contributed by atoms with van der Waals surface area (Å²) in [6, 6.07) is 9.69. The lowest BCUT2D eigenvalue weighted by molar-refractivity contribution is -0.0893. The number of hydrogen-bond acceptors (Lipinski definition) is 12. The molecule has 3 aromatic heterocycles. The van der Waals surface area contributed by atoms with Crippen molar-refractivity contribution in [2.75, 3.05) is 41.4 Å². The molecule has 12 heteroatoms.